The molecule has 0 saturated carbocycles. The van der Waals surface area contributed by atoms with E-state index in [4.69, 9.17) is 28.3 Å². The van der Waals surface area contributed by atoms with E-state index < -0.39 is 0 Å². The maximum Gasteiger partial charge on any atom is 0.149 e. The third-order valence-corrected chi connectivity index (χ3v) is 3.67. The Morgan fingerprint density at radius 2 is 2.28 bits per heavy atom. The Bertz CT molecular complexity index is 428. The monoisotopic (exact) mass is 289 g/mol. The fraction of sp³-hybridized carbons (Fsp3) is 0.583. The van der Waals surface area contributed by atoms with E-state index in [9.17, 15) is 0 Å². The second kappa shape index (κ2) is 5.95. The number of aromatic nitrogens is 1. The Morgan fingerprint density at radius 3 is 2.89 bits per heavy atom. The molecule has 18 heavy (non-hydrogen) atoms. The standard InChI is InChI=1S/C12H17Cl2N3O/c1-2-15-11-9(13)5-10(14)12(16-11)17-4-3-8(6-17)7-18/h5,8,18H,2-4,6-7H2,1H3,(H,15,16). The molecule has 1 unspecified atom stereocenters. The molecule has 1 saturated heterocycles. The third-order valence-electron chi connectivity index (χ3n) is 3.10. The number of aliphatic hydroxyl groups is 1. The molecule has 0 radical (unpaired) electrons. The van der Waals surface area contributed by atoms with Crippen molar-refractivity contribution in [1.82, 2.24) is 4.98 Å². The summed E-state index contributed by atoms with van der Waals surface area (Å²) in [6.07, 6.45) is 0.966. The van der Waals surface area contributed by atoms with E-state index in [1.54, 1.807) is 6.07 Å². The summed E-state index contributed by atoms with van der Waals surface area (Å²) in [5.41, 5.74) is 0. The van der Waals surface area contributed by atoms with Crippen LogP contribution in [-0.4, -0.2) is 36.3 Å². The molecule has 6 heteroatoms. The second-order valence-electron chi connectivity index (χ2n) is 4.44. The lowest BCUT2D eigenvalue weighted by Gasteiger charge is -2.20. The average Bonchev–Trinajstić information content (AvgIpc) is 2.81. The minimum Gasteiger partial charge on any atom is -0.396 e. The van der Waals surface area contributed by atoms with E-state index in [0.717, 1.165) is 31.9 Å². The van der Waals surface area contributed by atoms with Gasteiger partial charge in [0.15, 0.2) is 0 Å². The second-order valence-corrected chi connectivity index (χ2v) is 5.25. The smallest absolute Gasteiger partial charge is 0.149 e. The van der Waals surface area contributed by atoms with Crippen LogP contribution >= 0.6 is 23.2 Å². The number of hydrogen-bond donors (Lipinski definition) is 2. The van der Waals surface area contributed by atoms with Crippen molar-refractivity contribution in [3.05, 3.63) is 16.1 Å². The topological polar surface area (TPSA) is 48.4 Å². The Kier molecular flexibility index (Phi) is 4.54. The van der Waals surface area contributed by atoms with Crippen LogP contribution in [0.5, 0.6) is 0 Å². The largest absolute Gasteiger partial charge is 0.396 e. The van der Waals surface area contributed by atoms with Crippen molar-refractivity contribution in [2.75, 3.05) is 36.5 Å². The molecule has 2 heterocycles. The molecule has 1 aromatic heterocycles. The first-order valence-electron chi connectivity index (χ1n) is 6.11. The number of nitrogens with one attached hydrogen (secondary N) is 1. The number of rotatable bonds is 4. The molecule has 0 aliphatic carbocycles. The number of halogens is 2. The highest BCUT2D eigenvalue weighted by molar-refractivity contribution is 6.37. The summed E-state index contributed by atoms with van der Waals surface area (Å²) in [4.78, 5) is 6.58. The van der Waals surface area contributed by atoms with Crippen LogP contribution in [0.4, 0.5) is 11.6 Å². The molecule has 1 aliphatic heterocycles. The van der Waals surface area contributed by atoms with Crippen molar-refractivity contribution in [3.8, 4) is 0 Å². The van der Waals surface area contributed by atoms with Crippen LogP contribution in [0.25, 0.3) is 0 Å². The minimum atomic E-state index is 0.210. The van der Waals surface area contributed by atoms with Gasteiger partial charge in [-0.05, 0) is 19.4 Å². The Balaban J connectivity index is 2.24. The molecule has 1 aromatic rings. The summed E-state index contributed by atoms with van der Waals surface area (Å²) in [6, 6.07) is 1.72. The van der Waals surface area contributed by atoms with Gasteiger partial charge in [0.1, 0.15) is 11.6 Å². The molecule has 100 valence electrons. The van der Waals surface area contributed by atoms with Gasteiger partial charge in [-0.1, -0.05) is 23.2 Å². The molecule has 0 spiro atoms. The van der Waals surface area contributed by atoms with Crippen molar-refractivity contribution in [1.29, 1.82) is 0 Å². The van der Waals surface area contributed by atoms with E-state index in [0.29, 0.717) is 21.8 Å². The van der Waals surface area contributed by atoms with Gasteiger partial charge >= 0.3 is 0 Å². The summed E-state index contributed by atoms with van der Waals surface area (Å²) in [7, 11) is 0. The van der Waals surface area contributed by atoms with E-state index in [1.807, 2.05) is 6.92 Å². The first-order valence-corrected chi connectivity index (χ1v) is 6.87. The zero-order valence-corrected chi connectivity index (χ0v) is 11.8. The summed E-state index contributed by atoms with van der Waals surface area (Å²) < 4.78 is 0. The van der Waals surface area contributed by atoms with E-state index >= 15 is 0 Å². The van der Waals surface area contributed by atoms with Crippen molar-refractivity contribution in [2.24, 2.45) is 5.92 Å². The number of hydrogen-bond acceptors (Lipinski definition) is 4. The Morgan fingerprint density at radius 1 is 1.50 bits per heavy atom. The molecule has 1 aliphatic rings. The van der Waals surface area contributed by atoms with E-state index in [-0.39, 0.29) is 6.61 Å². The lowest BCUT2D eigenvalue weighted by atomic mass is 10.1. The lowest BCUT2D eigenvalue weighted by molar-refractivity contribution is 0.238. The maximum absolute atomic E-state index is 9.17. The van der Waals surface area contributed by atoms with Crippen LogP contribution in [0.1, 0.15) is 13.3 Å². The van der Waals surface area contributed by atoms with Crippen molar-refractivity contribution < 1.29 is 5.11 Å². The molecule has 2 N–H and O–H groups in total. The van der Waals surface area contributed by atoms with Crippen LogP contribution in [0.15, 0.2) is 6.07 Å². The highest BCUT2D eigenvalue weighted by atomic mass is 35.5. The van der Waals surface area contributed by atoms with Gasteiger partial charge in [-0.2, -0.15) is 0 Å². The van der Waals surface area contributed by atoms with Crippen LogP contribution in [-0.2, 0) is 0 Å². The zero-order valence-electron chi connectivity index (χ0n) is 10.3. The molecule has 0 bridgehead atoms. The SMILES string of the molecule is CCNc1nc(N2CCC(CO)C2)c(Cl)cc1Cl. The van der Waals surface area contributed by atoms with Gasteiger partial charge in [0, 0.05) is 32.2 Å². The van der Waals surface area contributed by atoms with Crippen LogP contribution in [0.2, 0.25) is 10.0 Å². The van der Waals surface area contributed by atoms with Gasteiger partial charge in [0.25, 0.3) is 0 Å². The summed E-state index contributed by atoms with van der Waals surface area (Å²) in [5, 5.41) is 13.4. The highest BCUT2D eigenvalue weighted by Gasteiger charge is 2.25. The number of anilines is 2. The van der Waals surface area contributed by atoms with Crippen molar-refractivity contribution in [2.45, 2.75) is 13.3 Å². The first kappa shape index (κ1) is 13.7. The predicted molar refractivity (Wildman–Crippen MR) is 75.8 cm³/mol. The zero-order chi connectivity index (χ0) is 13.1. The van der Waals surface area contributed by atoms with Crippen molar-refractivity contribution in [3.63, 3.8) is 0 Å². The van der Waals surface area contributed by atoms with Gasteiger partial charge < -0.3 is 15.3 Å². The molecule has 1 fully saturated rings. The van der Waals surface area contributed by atoms with Crippen LogP contribution in [0.3, 0.4) is 0 Å². The first-order chi connectivity index (χ1) is 8.65. The molecule has 1 atom stereocenters. The summed E-state index contributed by atoms with van der Waals surface area (Å²) in [5.74, 6) is 1.71. The van der Waals surface area contributed by atoms with Gasteiger partial charge in [-0.15, -0.1) is 0 Å². The summed E-state index contributed by atoms with van der Waals surface area (Å²) >= 11 is 12.3. The van der Waals surface area contributed by atoms with Crippen molar-refractivity contribution >= 4 is 34.8 Å². The fourth-order valence-corrected chi connectivity index (χ4v) is 2.69. The van der Waals surface area contributed by atoms with Gasteiger partial charge in [-0.25, -0.2) is 4.98 Å². The molecular weight excluding hydrogens is 273 g/mol. The Hall–Kier alpha value is -0.710. The van der Waals surface area contributed by atoms with Gasteiger partial charge in [0.2, 0.25) is 0 Å². The summed E-state index contributed by atoms with van der Waals surface area (Å²) in [6.45, 7) is 4.61. The van der Waals surface area contributed by atoms with Gasteiger partial charge in [-0.3, -0.25) is 0 Å². The predicted octanol–water partition coefficient (Wildman–Crippen LogP) is 2.64. The Labute approximate surface area is 117 Å². The number of aliphatic hydroxyl groups excluding tert-OH is 1. The maximum atomic E-state index is 9.17. The van der Waals surface area contributed by atoms with Gasteiger partial charge in [0.05, 0.1) is 10.0 Å². The quantitative estimate of drug-likeness (QED) is 0.895. The fourth-order valence-electron chi connectivity index (χ4n) is 2.14. The number of pyridine rings is 1. The van der Waals surface area contributed by atoms with E-state index in [1.165, 1.54) is 0 Å². The number of nitrogens with zero attached hydrogens (tertiary/aromatic N) is 2. The lowest BCUT2D eigenvalue weighted by Crippen LogP contribution is -2.22. The van der Waals surface area contributed by atoms with E-state index in [2.05, 4.69) is 15.2 Å². The van der Waals surface area contributed by atoms with Crippen LogP contribution in [0, 0.1) is 5.92 Å². The highest BCUT2D eigenvalue weighted by Crippen LogP contribution is 2.33. The minimum absolute atomic E-state index is 0.210. The molecule has 0 amide bonds. The molecular formula is C12H17Cl2N3O. The molecule has 4 nitrogen and oxygen atoms in total. The third kappa shape index (κ3) is 2.82. The van der Waals surface area contributed by atoms with Crippen LogP contribution < -0.4 is 10.2 Å². The molecule has 0 aromatic carbocycles. The normalized spacial score (nSPS) is 19.3. The molecule has 2 rings (SSSR count). The average molecular weight is 290 g/mol.